The number of pyridine rings is 1. The second-order valence-electron chi connectivity index (χ2n) is 7.79. The molecule has 0 bridgehead atoms. The van der Waals surface area contributed by atoms with Gasteiger partial charge in [0, 0.05) is 50.0 Å². The van der Waals surface area contributed by atoms with Gasteiger partial charge in [0.05, 0.1) is 20.8 Å². The Balaban J connectivity index is 1.37. The van der Waals surface area contributed by atoms with Crippen LogP contribution in [-0.2, 0) is 4.79 Å². The normalized spacial score (nSPS) is 19.7. The summed E-state index contributed by atoms with van der Waals surface area (Å²) >= 11 is 0. The molecule has 0 saturated carbocycles. The van der Waals surface area contributed by atoms with Crippen molar-refractivity contribution in [2.75, 3.05) is 58.4 Å². The van der Waals surface area contributed by atoms with E-state index in [0.29, 0.717) is 6.54 Å². The number of nitrogens with zero attached hydrogens (tertiary/aromatic N) is 4. The molecule has 160 valence electrons. The third kappa shape index (κ3) is 4.36. The van der Waals surface area contributed by atoms with Gasteiger partial charge in [-0.1, -0.05) is 12.1 Å². The zero-order chi connectivity index (χ0) is 20.9. The minimum absolute atomic E-state index is 0.199. The third-order valence-electron chi connectivity index (χ3n) is 6.11. The van der Waals surface area contributed by atoms with Crippen LogP contribution >= 0.6 is 0 Å². The average molecular weight is 411 g/mol. The molecule has 0 unspecified atom stereocenters. The predicted octanol–water partition coefficient (Wildman–Crippen LogP) is 2.58. The van der Waals surface area contributed by atoms with Gasteiger partial charge >= 0.3 is 0 Å². The van der Waals surface area contributed by atoms with Gasteiger partial charge in [0.1, 0.15) is 17.3 Å². The number of ether oxygens (including phenoxy) is 2. The molecule has 30 heavy (non-hydrogen) atoms. The minimum Gasteiger partial charge on any atom is -0.497 e. The quantitative estimate of drug-likeness (QED) is 0.730. The van der Waals surface area contributed by atoms with Crippen LogP contribution < -0.4 is 14.4 Å². The Hall–Kier alpha value is -2.80. The highest BCUT2D eigenvalue weighted by atomic mass is 16.5. The monoisotopic (exact) mass is 410 g/mol. The van der Waals surface area contributed by atoms with Crippen molar-refractivity contribution in [2.45, 2.75) is 18.9 Å². The van der Waals surface area contributed by atoms with E-state index >= 15 is 0 Å². The van der Waals surface area contributed by atoms with Crippen LogP contribution in [0.25, 0.3) is 0 Å². The van der Waals surface area contributed by atoms with Gasteiger partial charge < -0.3 is 19.3 Å². The van der Waals surface area contributed by atoms with Crippen LogP contribution in [0.3, 0.4) is 0 Å². The lowest BCUT2D eigenvalue weighted by Crippen LogP contribution is -2.51. The van der Waals surface area contributed by atoms with Gasteiger partial charge in [0.15, 0.2) is 0 Å². The second-order valence-corrected chi connectivity index (χ2v) is 7.79. The van der Waals surface area contributed by atoms with Crippen molar-refractivity contribution in [3.05, 3.63) is 48.2 Å². The largest absolute Gasteiger partial charge is 0.497 e. The van der Waals surface area contributed by atoms with Crippen LogP contribution in [-0.4, -0.2) is 74.2 Å². The highest BCUT2D eigenvalue weighted by Crippen LogP contribution is 2.38. The minimum atomic E-state index is 0.199. The maximum Gasteiger partial charge on any atom is 0.236 e. The fourth-order valence-electron chi connectivity index (χ4n) is 4.46. The molecule has 1 amide bonds. The Morgan fingerprint density at radius 1 is 1.07 bits per heavy atom. The van der Waals surface area contributed by atoms with Crippen molar-refractivity contribution in [1.82, 2.24) is 14.8 Å². The molecule has 2 aromatic rings. The molecule has 4 rings (SSSR count). The van der Waals surface area contributed by atoms with Crippen LogP contribution in [0.2, 0.25) is 0 Å². The lowest BCUT2D eigenvalue weighted by molar-refractivity contribution is -0.133. The first-order chi connectivity index (χ1) is 14.7. The highest BCUT2D eigenvalue weighted by Gasteiger charge is 2.32. The van der Waals surface area contributed by atoms with Crippen molar-refractivity contribution in [3.63, 3.8) is 0 Å². The van der Waals surface area contributed by atoms with Crippen LogP contribution in [0.1, 0.15) is 24.4 Å². The van der Waals surface area contributed by atoms with Crippen molar-refractivity contribution >= 4 is 11.7 Å². The third-order valence-corrected chi connectivity index (χ3v) is 6.11. The molecule has 2 aliphatic heterocycles. The lowest BCUT2D eigenvalue weighted by atomic mass is 10.0. The van der Waals surface area contributed by atoms with Gasteiger partial charge in [-0.05, 0) is 37.6 Å². The highest BCUT2D eigenvalue weighted by molar-refractivity contribution is 5.78. The maximum atomic E-state index is 13.0. The molecule has 1 aromatic heterocycles. The smallest absolute Gasteiger partial charge is 0.236 e. The number of piperazine rings is 1. The van der Waals surface area contributed by atoms with Gasteiger partial charge in [-0.2, -0.15) is 0 Å². The number of hydrogen-bond donors (Lipinski definition) is 0. The van der Waals surface area contributed by atoms with E-state index in [1.165, 1.54) is 0 Å². The SMILES string of the molecule is COc1ccc([C@H]2CCCN2CC(=O)N2CCN(c3ccccn3)CC2)c(OC)c1. The summed E-state index contributed by atoms with van der Waals surface area (Å²) in [7, 11) is 3.34. The van der Waals surface area contributed by atoms with Gasteiger partial charge in [0.2, 0.25) is 5.91 Å². The summed E-state index contributed by atoms with van der Waals surface area (Å²) in [4.78, 5) is 24.0. The van der Waals surface area contributed by atoms with Crippen LogP contribution in [0.4, 0.5) is 5.82 Å². The molecular weight excluding hydrogens is 380 g/mol. The van der Waals surface area contributed by atoms with Crippen LogP contribution in [0, 0.1) is 0 Å². The molecule has 2 saturated heterocycles. The molecule has 7 heteroatoms. The van der Waals surface area contributed by atoms with E-state index in [2.05, 4.69) is 20.9 Å². The van der Waals surface area contributed by atoms with Crippen molar-refractivity contribution < 1.29 is 14.3 Å². The van der Waals surface area contributed by atoms with E-state index in [0.717, 1.165) is 68.4 Å². The lowest BCUT2D eigenvalue weighted by Gasteiger charge is -2.36. The fourth-order valence-corrected chi connectivity index (χ4v) is 4.46. The number of rotatable bonds is 6. The van der Waals surface area contributed by atoms with E-state index in [9.17, 15) is 4.79 Å². The van der Waals surface area contributed by atoms with E-state index in [1.807, 2.05) is 41.4 Å². The van der Waals surface area contributed by atoms with Gasteiger partial charge in [-0.15, -0.1) is 0 Å². The summed E-state index contributed by atoms with van der Waals surface area (Å²) in [5.41, 5.74) is 1.13. The molecule has 3 heterocycles. The van der Waals surface area contributed by atoms with Crippen molar-refractivity contribution in [2.24, 2.45) is 0 Å². The number of carbonyl (C=O) groups excluding carboxylic acids is 1. The number of likely N-dealkylation sites (tertiary alicyclic amines) is 1. The summed E-state index contributed by atoms with van der Waals surface area (Å²) < 4.78 is 10.9. The molecule has 0 radical (unpaired) electrons. The Kier molecular flexibility index (Phi) is 6.38. The molecule has 0 N–H and O–H groups in total. The van der Waals surface area contributed by atoms with E-state index in [1.54, 1.807) is 14.2 Å². The van der Waals surface area contributed by atoms with Gasteiger partial charge in [-0.25, -0.2) is 4.98 Å². The number of aromatic nitrogens is 1. The Morgan fingerprint density at radius 2 is 1.90 bits per heavy atom. The van der Waals surface area contributed by atoms with E-state index < -0.39 is 0 Å². The van der Waals surface area contributed by atoms with Crippen molar-refractivity contribution in [1.29, 1.82) is 0 Å². The standard InChI is InChI=1S/C23H30N4O3/c1-29-18-8-9-19(21(16-18)30-2)20-6-5-11-27(20)17-23(28)26-14-12-25(13-15-26)22-7-3-4-10-24-22/h3-4,7-10,16,20H,5-6,11-15,17H2,1-2H3/t20-/m1/s1. The topological polar surface area (TPSA) is 58.1 Å². The molecule has 2 aliphatic rings. The zero-order valence-electron chi connectivity index (χ0n) is 17.8. The Bertz CT molecular complexity index is 853. The molecule has 1 aromatic carbocycles. The summed E-state index contributed by atoms with van der Waals surface area (Å²) in [6.07, 6.45) is 3.93. The Morgan fingerprint density at radius 3 is 2.60 bits per heavy atom. The summed E-state index contributed by atoms with van der Waals surface area (Å²) in [5, 5.41) is 0. The zero-order valence-corrected chi connectivity index (χ0v) is 17.8. The molecule has 1 atom stereocenters. The van der Waals surface area contributed by atoms with Gasteiger partial charge in [0.25, 0.3) is 0 Å². The first kappa shape index (κ1) is 20.5. The average Bonchev–Trinajstić information content (AvgIpc) is 3.27. The second kappa shape index (κ2) is 9.34. The van der Waals surface area contributed by atoms with E-state index in [-0.39, 0.29) is 11.9 Å². The summed E-state index contributed by atoms with van der Waals surface area (Å²) in [5.74, 6) is 2.79. The fraction of sp³-hybridized carbons (Fsp3) is 0.478. The first-order valence-electron chi connectivity index (χ1n) is 10.6. The first-order valence-corrected chi connectivity index (χ1v) is 10.6. The maximum absolute atomic E-state index is 13.0. The number of carbonyl (C=O) groups is 1. The van der Waals surface area contributed by atoms with Gasteiger partial charge in [-0.3, -0.25) is 9.69 Å². The molecule has 0 aliphatic carbocycles. The van der Waals surface area contributed by atoms with Crippen LogP contribution in [0.15, 0.2) is 42.6 Å². The number of anilines is 1. The van der Waals surface area contributed by atoms with Crippen LogP contribution in [0.5, 0.6) is 11.5 Å². The van der Waals surface area contributed by atoms with E-state index in [4.69, 9.17) is 9.47 Å². The molecule has 2 fully saturated rings. The molecular formula is C23H30N4O3. The number of amides is 1. The number of hydrogen-bond acceptors (Lipinski definition) is 6. The van der Waals surface area contributed by atoms with Crippen molar-refractivity contribution in [3.8, 4) is 11.5 Å². The summed E-state index contributed by atoms with van der Waals surface area (Å²) in [6.45, 7) is 4.49. The predicted molar refractivity (Wildman–Crippen MR) is 116 cm³/mol. The summed E-state index contributed by atoms with van der Waals surface area (Å²) in [6, 6.07) is 12.1. The number of benzene rings is 1. The Labute approximate surface area is 178 Å². The number of methoxy groups -OCH3 is 2. The molecule has 0 spiro atoms. The molecule has 7 nitrogen and oxygen atoms in total.